The number of nitrogens with one attached hydrogen (secondary N) is 1. The number of pyridine rings is 1. The Labute approximate surface area is 501 Å². The molecule has 5 N–H and O–H groups in total. The summed E-state index contributed by atoms with van der Waals surface area (Å²) in [7, 11) is 2.75. The van der Waals surface area contributed by atoms with Gasteiger partial charge in [0.2, 0.25) is 17.0 Å². The summed E-state index contributed by atoms with van der Waals surface area (Å²) in [6.07, 6.45) is 5.79. The fourth-order valence-corrected chi connectivity index (χ4v) is 12.4. The molecule has 2 aromatic carbocycles. The number of carboxylic acids is 1. The van der Waals surface area contributed by atoms with Gasteiger partial charge in [0.25, 0.3) is 17.6 Å². The lowest BCUT2D eigenvalue weighted by Crippen LogP contribution is -2.55. The third-order valence-corrected chi connectivity index (χ3v) is 17.5. The number of piperazine rings is 1. The second-order valence-electron chi connectivity index (χ2n) is 23.3. The van der Waals surface area contributed by atoms with Crippen molar-refractivity contribution in [2.45, 2.75) is 117 Å². The van der Waals surface area contributed by atoms with Crippen molar-refractivity contribution in [3.63, 3.8) is 0 Å². The average Bonchev–Trinajstić information content (AvgIpc) is 1.69. The summed E-state index contributed by atoms with van der Waals surface area (Å²) in [5.74, 6) is -11.6. The highest BCUT2D eigenvalue weighted by atomic mass is 19.1. The van der Waals surface area contributed by atoms with Crippen molar-refractivity contribution in [2.75, 3.05) is 71.7 Å². The van der Waals surface area contributed by atoms with Crippen molar-refractivity contribution >= 4 is 57.6 Å². The van der Waals surface area contributed by atoms with Gasteiger partial charge in [-0.05, 0) is 45.8 Å². The van der Waals surface area contributed by atoms with E-state index >= 15 is 14.0 Å². The molecule has 3 aromatic rings. The minimum absolute atomic E-state index is 0.0274. The summed E-state index contributed by atoms with van der Waals surface area (Å²) in [4.78, 5) is 108. The number of ether oxygens (including phenoxy) is 6. The van der Waals surface area contributed by atoms with Crippen LogP contribution in [-0.2, 0) is 38.2 Å². The van der Waals surface area contributed by atoms with E-state index in [1.165, 1.54) is 71.4 Å². The molecule has 2 amide bonds. The van der Waals surface area contributed by atoms with Gasteiger partial charge in [-0.25, -0.2) is 9.18 Å². The molecule has 2 saturated heterocycles. The number of ketones is 2. The van der Waals surface area contributed by atoms with Crippen LogP contribution < -0.4 is 25.1 Å². The maximum absolute atomic E-state index is 16.4. The van der Waals surface area contributed by atoms with Gasteiger partial charge in [0, 0.05) is 107 Å². The van der Waals surface area contributed by atoms with Crippen LogP contribution in [0.3, 0.4) is 0 Å². The van der Waals surface area contributed by atoms with E-state index in [1.54, 1.807) is 61.1 Å². The monoisotopic (exact) mass is 1210 g/mol. The van der Waals surface area contributed by atoms with Crippen LogP contribution in [0.15, 0.2) is 69.7 Å². The number of Topliss-reactive ketones (excluding diaryl/α,β-unsaturated/α-hetero) is 2. The van der Waals surface area contributed by atoms with Crippen molar-refractivity contribution < 1.29 is 86.8 Å². The summed E-state index contributed by atoms with van der Waals surface area (Å²) in [5.41, 5.74) is -2.89. The molecule has 1 aromatic heterocycles. The van der Waals surface area contributed by atoms with Crippen LogP contribution in [0.1, 0.15) is 116 Å². The Bertz CT molecular complexity index is 3530. The zero-order chi connectivity index (χ0) is 63.2. The largest absolute Gasteiger partial charge is 0.507 e. The maximum atomic E-state index is 16.4. The predicted molar refractivity (Wildman–Crippen MR) is 312 cm³/mol. The Morgan fingerprint density at radius 1 is 0.897 bits per heavy atom. The van der Waals surface area contributed by atoms with E-state index in [0.29, 0.717) is 12.8 Å². The Hall–Kier alpha value is -8.13. The van der Waals surface area contributed by atoms with E-state index in [0.717, 1.165) is 6.07 Å². The number of phenolic OH excluding ortho intramolecular Hbond substituents is 1. The minimum Gasteiger partial charge on any atom is -0.507 e. The number of hydrogen-bond acceptors (Lipinski definition) is 20. The number of aliphatic hydroxyl groups excluding tert-OH is 2. The van der Waals surface area contributed by atoms with E-state index in [-0.39, 0.29) is 114 Å². The second-order valence-corrected chi connectivity index (χ2v) is 23.3. The zero-order valence-corrected chi connectivity index (χ0v) is 50.5. The number of anilines is 1. The van der Waals surface area contributed by atoms with Gasteiger partial charge in [0.1, 0.15) is 40.2 Å². The average molecular weight is 1210 g/mol. The Kier molecular flexibility index (Phi) is 18.4. The predicted octanol–water partition coefficient (Wildman–Crippen LogP) is 5.06. The molecule has 3 fully saturated rings. The molecule has 468 valence electrons. The Morgan fingerprint density at radius 2 is 1.60 bits per heavy atom. The van der Waals surface area contributed by atoms with Crippen molar-refractivity contribution in [3.8, 4) is 17.2 Å². The van der Waals surface area contributed by atoms with Gasteiger partial charge in [0.15, 0.2) is 23.9 Å². The number of nitrogens with zero attached hydrogens (tertiary/aromatic N) is 5. The number of methoxy groups -OCH3 is 2. The first kappa shape index (κ1) is 63.4. The molecular formula is C62H75FN6O18. The minimum atomic E-state index is -2.10. The molecule has 0 radical (unpaired) electrons. The number of aromatic nitrogens is 1. The first-order valence-electron chi connectivity index (χ1n) is 29.0. The molecule has 5 aliphatic heterocycles. The van der Waals surface area contributed by atoms with Crippen LogP contribution in [0, 0.1) is 36.4 Å². The number of carboxylic acid groups (broad SMARTS) is 1. The van der Waals surface area contributed by atoms with E-state index in [9.17, 15) is 44.4 Å². The molecular weight excluding hydrogens is 1140 g/mol. The number of carbonyl (C=O) groups excluding carboxylic acids is 5. The Balaban J connectivity index is 1.10. The van der Waals surface area contributed by atoms with E-state index in [1.807, 2.05) is 0 Å². The van der Waals surface area contributed by atoms with Gasteiger partial charge in [0.05, 0.1) is 72.5 Å². The smallest absolute Gasteiger partial charge is 0.341 e. The van der Waals surface area contributed by atoms with Crippen molar-refractivity contribution in [3.05, 3.63) is 104 Å². The van der Waals surface area contributed by atoms with Gasteiger partial charge in [-0.15, -0.1) is 0 Å². The van der Waals surface area contributed by atoms with Crippen LogP contribution in [0.5, 0.6) is 17.2 Å². The summed E-state index contributed by atoms with van der Waals surface area (Å²) >= 11 is 0. The number of hydrogen-bond donors (Lipinski definition) is 5. The molecule has 10 atom stereocenters. The first-order valence-corrected chi connectivity index (χ1v) is 29.0. The summed E-state index contributed by atoms with van der Waals surface area (Å²) in [6.45, 7) is 14.1. The fraction of sp³-hybridized carbons (Fsp3) is 0.516. The number of aromatic hydroxyl groups is 1. The molecule has 2 aliphatic carbocycles. The first-order chi connectivity index (χ1) is 41.3. The van der Waals surface area contributed by atoms with Crippen LogP contribution in [-0.4, -0.2) is 179 Å². The highest BCUT2D eigenvalue weighted by Gasteiger charge is 2.53. The number of aromatic carboxylic acids is 1. The number of rotatable bonds is 10. The summed E-state index contributed by atoms with van der Waals surface area (Å²) < 4.78 is 54.2. The standard InChI is InChI=1S/C62H75FN6O18/c1-29-13-12-14-30(2)60(78)64-46-49(66-20-23-83-24-21-66)55(77)43-44(54(46)76)52(74)35(7)57-45(43)59(62(9,87-57)84-22-17-41(81-10)32(4)56(86-36(8)70)34(6)51(73)33(5)50(29)72)65-85-28-42(71)68-19-18-67(26-31(68)3)48-40(63)25-38-47(58(48)82-11)69(37-15-16-37)27-39(53(38)75)61(79)80/h12-14,17,22,25,27,29,31-34,37,41,50-51,56,72-74H,15-16,18-21,23-24,26,28H2,1-11H3,(H,64,78)(H,79,80)/t29-,31?,32+,33+,34+,41-,50-,51+,56+,62-/m0/s1. The molecule has 1 saturated carbocycles. The number of amides is 2. The summed E-state index contributed by atoms with van der Waals surface area (Å²) in [6, 6.07) is 0.289. The normalized spacial score (nSPS) is 27.9. The molecule has 6 heterocycles. The Morgan fingerprint density at radius 3 is 2.23 bits per heavy atom. The molecule has 0 spiro atoms. The number of benzene rings is 2. The molecule has 1 unspecified atom stereocenters. The number of halogens is 1. The van der Waals surface area contributed by atoms with Crippen LogP contribution in [0.4, 0.5) is 10.1 Å². The zero-order valence-electron chi connectivity index (χ0n) is 50.5. The van der Waals surface area contributed by atoms with Gasteiger partial charge in [-0.2, -0.15) is 0 Å². The summed E-state index contributed by atoms with van der Waals surface area (Å²) in [5, 5.41) is 52.2. The molecule has 25 heteroatoms. The topological polar surface area (TPSA) is 304 Å². The molecule has 10 rings (SSSR count). The third kappa shape index (κ3) is 11.9. The lowest BCUT2D eigenvalue weighted by Gasteiger charge is -2.41. The lowest BCUT2D eigenvalue weighted by molar-refractivity contribution is -0.160. The molecule has 5 bridgehead atoms. The van der Waals surface area contributed by atoms with Gasteiger partial charge in [-0.3, -0.25) is 28.8 Å². The van der Waals surface area contributed by atoms with Crippen molar-refractivity contribution in [1.82, 2.24) is 19.7 Å². The number of oxime groups is 1. The number of esters is 1. The third-order valence-electron chi connectivity index (χ3n) is 17.5. The molecule has 24 nitrogen and oxygen atoms in total. The van der Waals surface area contributed by atoms with Crippen LogP contribution >= 0.6 is 0 Å². The van der Waals surface area contributed by atoms with Gasteiger partial charge < -0.3 is 78.3 Å². The van der Waals surface area contributed by atoms with Gasteiger partial charge in [-0.1, -0.05) is 51.1 Å². The second kappa shape index (κ2) is 25.3. The maximum Gasteiger partial charge on any atom is 0.341 e. The number of aliphatic hydroxyl groups is 2. The number of fused-ring (bicyclic) bond motifs is 15. The highest BCUT2D eigenvalue weighted by molar-refractivity contribution is 6.33. The van der Waals surface area contributed by atoms with E-state index in [2.05, 4.69) is 10.5 Å². The van der Waals surface area contributed by atoms with E-state index < -0.39 is 136 Å². The van der Waals surface area contributed by atoms with Crippen molar-refractivity contribution in [1.29, 1.82) is 0 Å². The number of carbonyl (C=O) groups is 6. The SMILES string of the molecule is COc1c(N2CCN(C(=O)CON=C3c4c5c(C)c(O)c6c4C(=O)C(N4CCOCC4)=C(NC(=O)C(C)=CC=C[C@H](C)[C@H](O)[C@@H](C)[C@@H](O)[C@@H](C)[C@H](OC(C)=O)[C@H](C)[C@@H](OC)C=CO[C@@]3(C)O5)C6=O)C(C)C2)c(F)cc2c(=O)c(C(=O)O)cn(C3CC3)c12. The number of phenols is 1. The number of morpholine rings is 1. The molecule has 7 aliphatic rings. The molecule has 87 heavy (non-hydrogen) atoms. The van der Waals surface area contributed by atoms with E-state index in [4.69, 9.17) is 33.3 Å². The quantitative estimate of drug-likeness (QED) is 0.131. The lowest BCUT2D eigenvalue weighted by atomic mass is 9.78. The number of allylic oxidation sites excluding steroid dienone is 4. The van der Waals surface area contributed by atoms with Crippen LogP contribution in [0.25, 0.3) is 10.9 Å². The van der Waals surface area contributed by atoms with Crippen LogP contribution in [0.2, 0.25) is 0 Å². The highest BCUT2D eigenvalue weighted by Crippen LogP contribution is 2.50. The van der Waals surface area contributed by atoms with Crippen molar-refractivity contribution in [2.24, 2.45) is 28.8 Å². The fourth-order valence-electron chi connectivity index (χ4n) is 12.4. The van der Waals surface area contributed by atoms with Gasteiger partial charge >= 0.3 is 11.9 Å².